The van der Waals surface area contributed by atoms with Crippen molar-refractivity contribution in [2.75, 3.05) is 0 Å². The van der Waals surface area contributed by atoms with Crippen molar-refractivity contribution in [3.8, 4) is 0 Å². The molecule has 4 unspecified atom stereocenters. The maximum atomic E-state index is 11.7. The molecule has 0 spiro atoms. The largest absolute Gasteiger partial charge is 0.430 e. The summed E-state index contributed by atoms with van der Waals surface area (Å²) in [6.07, 6.45) is 10.1. The van der Waals surface area contributed by atoms with Crippen LogP contribution in [-0.2, 0) is 19.0 Å². The minimum atomic E-state index is -0.594. The highest BCUT2D eigenvalue weighted by Gasteiger charge is 2.80. The van der Waals surface area contributed by atoms with Crippen molar-refractivity contribution in [3.05, 3.63) is 0 Å². The molecule has 10 atom stereocenters. The third-order valence-corrected chi connectivity index (χ3v) is 9.54. The summed E-state index contributed by atoms with van der Waals surface area (Å²) < 4.78 is 17.7. The fourth-order valence-corrected chi connectivity index (χ4v) is 8.24. The normalized spacial score (nSPS) is 63.4. The highest BCUT2D eigenvalue weighted by Crippen LogP contribution is 2.74. The Labute approximate surface area is 150 Å². The van der Waals surface area contributed by atoms with Crippen LogP contribution in [0.3, 0.4) is 0 Å². The van der Waals surface area contributed by atoms with Crippen molar-refractivity contribution in [3.63, 3.8) is 0 Å². The molecule has 4 aliphatic carbocycles. The van der Waals surface area contributed by atoms with Crippen molar-refractivity contribution in [1.29, 1.82) is 0 Å². The Hall–Kier alpha value is -0.610. The van der Waals surface area contributed by atoms with Gasteiger partial charge in [0.15, 0.2) is 0 Å². The van der Waals surface area contributed by atoms with Gasteiger partial charge in [0.05, 0.1) is 12.2 Å². The summed E-state index contributed by atoms with van der Waals surface area (Å²) in [5.74, 6) is 2.33. The molecule has 0 amide bonds. The lowest BCUT2D eigenvalue weighted by molar-refractivity contribution is -0.198. The average Bonchev–Trinajstić information content (AvgIpc) is 3.42. The molecule has 0 aromatic rings. The lowest BCUT2D eigenvalue weighted by Crippen LogP contribution is -2.56. The third-order valence-electron chi connectivity index (χ3n) is 9.54. The first kappa shape index (κ1) is 15.4. The lowest BCUT2D eigenvalue weighted by atomic mass is 9.45. The first-order valence-corrected chi connectivity index (χ1v) is 10.4. The van der Waals surface area contributed by atoms with E-state index >= 15 is 0 Å². The van der Waals surface area contributed by atoms with Gasteiger partial charge in [-0.15, -0.1) is 0 Å². The summed E-state index contributed by atoms with van der Waals surface area (Å²) >= 11 is 0. The summed E-state index contributed by atoms with van der Waals surface area (Å²) in [4.78, 5) is 11.7. The summed E-state index contributed by atoms with van der Waals surface area (Å²) in [7, 11) is 0. The van der Waals surface area contributed by atoms with Crippen LogP contribution in [0.15, 0.2) is 0 Å². The molecule has 6 fully saturated rings. The van der Waals surface area contributed by atoms with Gasteiger partial charge in [-0.2, -0.15) is 0 Å². The number of carbonyl (C=O) groups excluding carboxylic acids is 1. The summed E-state index contributed by atoms with van der Waals surface area (Å²) in [5.41, 5.74) is 0.477. The minimum absolute atomic E-state index is 0.0149. The van der Waals surface area contributed by atoms with E-state index in [1.807, 2.05) is 0 Å². The Bertz CT molecular complexity index is 648. The molecule has 138 valence electrons. The van der Waals surface area contributed by atoms with Crippen molar-refractivity contribution < 1.29 is 19.0 Å². The van der Waals surface area contributed by atoms with Crippen molar-refractivity contribution in [2.24, 2.45) is 34.5 Å². The lowest BCUT2D eigenvalue weighted by Gasteiger charge is -2.60. The second kappa shape index (κ2) is 4.44. The number of epoxide rings is 2. The number of fused-ring (bicyclic) bond motifs is 8. The molecule has 2 aliphatic heterocycles. The topological polar surface area (TPSA) is 51.4 Å². The van der Waals surface area contributed by atoms with E-state index in [1.165, 1.54) is 39.0 Å². The third kappa shape index (κ3) is 1.74. The van der Waals surface area contributed by atoms with Crippen LogP contribution < -0.4 is 0 Å². The Balaban J connectivity index is 1.32. The average molecular weight is 346 g/mol. The van der Waals surface area contributed by atoms with E-state index in [0.29, 0.717) is 23.5 Å². The quantitative estimate of drug-likeness (QED) is 0.537. The van der Waals surface area contributed by atoms with Crippen LogP contribution in [0.5, 0.6) is 0 Å². The van der Waals surface area contributed by atoms with E-state index in [-0.39, 0.29) is 17.5 Å². The molecule has 6 rings (SSSR count). The van der Waals surface area contributed by atoms with Crippen LogP contribution in [0.25, 0.3) is 0 Å². The smallest absolute Gasteiger partial charge is 0.305 e. The Morgan fingerprint density at radius 1 is 1.08 bits per heavy atom. The molecular weight excluding hydrogens is 316 g/mol. The van der Waals surface area contributed by atoms with Gasteiger partial charge in [-0.25, -0.2) is 0 Å². The SMILES string of the molecule is CC(=O)O[C@]12O[C@H]1CC1C3CCC4C[C@H]5O[C@H]5C[C@]4(C)C3CC[C@@]12C. The molecular formula is C21H30O4. The van der Waals surface area contributed by atoms with Crippen molar-refractivity contribution in [1.82, 2.24) is 0 Å². The monoisotopic (exact) mass is 346 g/mol. The predicted molar refractivity (Wildman–Crippen MR) is 90.5 cm³/mol. The summed E-state index contributed by atoms with van der Waals surface area (Å²) in [6.45, 7) is 6.44. The number of hydrogen-bond donors (Lipinski definition) is 0. The number of ether oxygens (including phenoxy) is 3. The molecule has 0 bridgehead atoms. The van der Waals surface area contributed by atoms with Gasteiger partial charge in [0.25, 0.3) is 0 Å². The zero-order chi connectivity index (χ0) is 17.2. The van der Waals surface area contributed by atoms with E-state index in [4.69, 9.17) is 14.2 Å². The first-order chi connectivity index (χ1) is 11.9. The van der Waals surface area contributed by atoms with Crippen LogP contribution in [0, 0.1) is 34.5 Å². The molecule has 0 N–H and O–H groups in total. The fraction of sp³-hybridized carbons (Fsp3) is 0.952. The second-order valence-electron chi connectivity index (χ2n) is 10.4. The van der Waals surface area contributed by atoms with Gasteiger partial charge in [-0.1, -0.05) is 13.8 Å². The second-order valence-corrected chi connectivity index (χ2v) is 10.4. The molecule has 4 saturated carbocycles. The zero-order valence-electron chi connectivity index (χ0n) is 15.6. The van der Waals surface area contributed by atoms with Crippen molar-refractivity contribution in [2.45, 2.75) is 89.8 Å². The predicted octanol–water partition coefficient (Wildman–Crippen LogP) is 3.67. The van der Waals surface area contributed by atoms with E-state index in [1.54, 1.807) is 0 Å². The van der Waals surface area contributed by atoms with Crippen LogP contribution in [0.4, 0.5) is 0 Å². The van der Waals surface area contributed by atoms with Crippen LogP contribution in [0.1, 0.15) is 65.7 Å². The standard InChI is InChI=1S/C21H30O4/c1-11(22)24-21-18(25-21)9-15-13-5-4-12-8-16-17(23-16)10-19(12,2)14(13)6-7-20(15,21)3/h12-18H,4-10H2,1-3H3/t12?,13?,14?,15?,16-,17+,18+,19+,20+,21+/m1/s1. The van der Waals surface area contributed by atoms with Gasteiger partial charge in [-0.3, -0.25) is 4.79 Å². The van der Waals surface area contributed by atoms with Gasteiger partial charge in [0, 0.05) is 12.3 Å². The molecule has 2 heterocycles. The Kier molecular flexibility index (Phi) is 2.74. The highest BCUT2D eigenvalue weighted by molar-refractivity contribution is 5.67. The zero-order valence-corrected chi connectivity index (χ0v) is 15.6. The molecule has 6 aliphatic rings. The Morgan fingerprint density at radius 3 is 2.72 bits per heavy atom. The van der Waals surface area contributed by atoms with Gasteiger partial charge in [-0.05, 0) is 74.0 Å². The van der Waals surface area contributed by atoms with Crippen molar-refractivity contribution >= 4 is 5.97 Å². The van der Waals surface area contributed by atoms with Gasteiger partial charge < -0.3 is 14.2 Å². The summed E-state index contributed by atoms with van der Waals surface area (Å²) in [5, 5.41) is 0. The fourth-order valence-electron chi connectivity index (χ4n) is 8.24. The molecule has 0 radical (unpaired) electrons. The number of esters is 1. The number of rotatable bonds is 1. The first-order valence-electron chi connectivity index (χ1n) is 10.4. The molecule has 2 saturated heterocycles. The van der Waals surface area contributed by atoms with Gasteiger partial charge in [0.2, 0.25) is 5.79 Å². The summed E-state index contributed by atoms with van der Waals surface area (Å²) in [6, 6.07) is 0. The number of hydrogen-bond acceptors (Lipinski definition) is 4. The van der Waals surface area contributed by atoms with E-state index in [2.05, 4.69) is 13.8 Å². The van der Waals surface area contributed by atoms with E-state index in [9.17, 15) is 4.79 Å². The highest BCUT2D eigenvalue weighted by atomic mass is 16.8. The number of carbonyl (C=O) groups is 1. The van der Waals surface area contributed by atoms with E-state index < -0.39 is 5.79 Å². The molecule has 0 aromatic heterocycles. The molecule has 4 nitrogen and oxygen atoms in total. The van der Waals surface area contributed by atoms with Gasteiger partial charge in [0.1, 0.15) is 6.10 Å². The van der Waals surface area contributed by atoms with Crippen LogP contribution in [0.2, 0.25) is 0 Å². The van der Waals surface area contributed by atoms with E-state index in [0.717, 1.165) is 30.6 Å². The molecule has 0 aromatic carbocycles. The van der Waals surface area contributed by atoms with Crippen LogP contribution in [-0.4, -0.2) is 30.1 Å². The van der Waals surface area contributed by atoms with Crippen LogP contribution >= 0.6 is 0 Å². The maximum Gasteiger partial charge on any atom is 0.305 e. The maximum absolute atomic E-state index is 11.7. The molecule has 25 heavy (non-hydrogen) atoms. The van der Waals surface area contributed by atoms with Gasteiger partial charge >= 0.3 is 5.97 Å². The molecule has 4 heteroatoms. The Morgan fingerprint density at radius 2 is 1.92 bits per heavy atom. The minimum Gasteiger partial charge on any atom is -0.430 e.